The normalized spacial score (nSPS) is 12.1. The van der Waals surface area contributed by atoms with Crippen LogP contribution >= 0.6 is 0 Å². The smallest absolute Gasteiger partial charge is 0.261 e. The van der Waals surface area contributed by atoms with Crippen molar-refractivity contribution >= 4 is 27.5 Å². The van der Waals surface area contributed by atoms with Gasteiger partial charge in [0.15, 0.2) is 0 Å². The molecule has 162 valence electrons. The van der Waals surface area contributed by atoms with Crippen molar-refractivity contribution in [2.75, 3.05) is 18.8 Å². The Morgan fingerprint density at radius 3 is 2.33 bits per heavy atom. The van der Waals surface area contributed by atoms with Crippen molar-refractivity contribution in [3.8, 4) is 0 Å². The summed E-state index contributed by atoms with van der Waals surface area (Å²) in [4.78, 5) is 25.7. The van der Waals surface area contributed by atoms with Crippen LogP contribution in [0.4, 0.5) is 5.69 Å². The SMILES string of the molecule is CCCCc1ccc(NS(=O)(=O)c2cccc(C(=O)NC(C)C(=O)N(C)C)c2)cc1. The van der Waals surface area contributed by atoms with Gasteiger partial charge in [-0.3, -0.25) is 14.3 Å². The van der Waals surface area contributed by atoms with Gasteiger partial charge in [-0.25, -0.2) is 8.42 Å². The molecule has 0 aliphatic rings. The maximum atomic E-state index is 12.7. The first kappa shape index (κ1) is 23.4. The van der Waals surface area contributed by atoms with Crippen LogP contribution in [0.15, 0.2) is 53.4 Å². The molecule has 2 aromatic carbocycles. The van der Waals surface area contributed by atoms with Crippen molar-refractivity contribution in [2.24, 2.45) is 0 Å². The number of sulfonamides is 1. The molecule has 0 aliphatic heterocycles. The van der Waals surface area contributed by atoms with Gasteiger partial charge in [0.2, 0.25) is 5.91 Å². The van der Waals surface area contributed by atoms with Gasteiger partial charge in [0, 0.05) is 25.3 Å². The Kier molecular flexibility index (Phi) is 8.00. The van der Waals surface area contributed by atoms with Crippen LogP contribution in [0.3, 0.4) is 0 Å². The van der Waals surface area contributed by atoms with Gasteiger partial charge in [-0.15, -0.1) is 0 Å². The second-order valence-corrected chi connectivity index (χ2v) is 9.04. The van der Waals surface area contributed by atoms with Crippen LogP contribution in [0, 0.1) is 0 Å². The molecule has 0 fully saturated rings. The number of benzene rings is 2. The summed E-state index contributed by atoms with van der Waals surface area (Å²) >= 11 is 0. The molecule has 0 bridgehead atoms. The Labute approximate surface area is 178 Å². The number of carbonyl (C=O) groups is 2. The number of aryl methyl sites for hydroxylation is 1. The van der Waals surface area contributed by atoms with Crippen molar-refractivity contribution in [2.45, 2.75) is 44.0 Å². The maximum absolute atomic E-state index is 12.7. The molecule has 2 aromatic rings. The van der Waals surface area contributed by atoms with E-state index in [9.17, 15) is 18.0 Å². The zero-order valence-electron chi connectivity index (χ0n) is 17.8. The Morgan fingerprint density at radius 1 is 1.07 bits per heavy atom. The topological polar surface area (TPSA) is 95.6 Å². The standard InChI is InChI=1S/C22H29N3O4S/c1-5-6-8-17-11-13-19(14-12-17)24-30(28,29)20-10-7-9-18(15-20)21(26)23-16(2)22(27)25(3)4/h7,9-16,24H,5-6,8H2,1-4H3,(H,23,26). The van der Waals surface area contributed by atoms with Gasteiger partial charge in [-0.2, -0.15) is 0 Å². The minimum absolute atomic E-state index is 0.0307. The summed E-state index contributed by atoms with van der Waals surface area (Å²) in [7, 11) is -0.668. The third kappa shape index (κ3) is 6.32. The average Bonchev–Trinajstić information content (AvgIpc) is 2.72. The lowest BCUT2D eigenvalue weighted by Crippen LogP contribution is -2.44. The molecule has 2 rings (SSSR count). The van der Waals surface area contributed by atoms with Crippen LogP contribution in [0.5, 0.6) is 0 Å². The molecular weight excluding hydrogens is 402 g/mol. The van der Waals surface area contributed by atoms with Crippen LogP contribution in [0.2, 0.25) is 0 Å². The molecule has 1 atom stereocenters. The zero-order chi connectivity index (χ0) is 22.3. The molecule has 0 saturated carbocycles. The summed E-state index contributed by atoms with van der Waals surface area (Å²) < 4.78 is 28.0. The van der Waals surface area contributed by atoms with Gasteiger partial charge < -0.3 is 10.2 Å². The summed E-state index contributed by atoms with van der Waals surface area (Å²) in [6.45, 7) is 3.70. The molecule has 0 heterocycles. The van der Waals surface area contributed by atoms with Crippen LogP contribution in [0.25, 0.3) is 0 Å². The average molecular weight is 432 g/mol. The highest BCUT2D eigenvalue weighted by Gasteiger charge is 2.20. The molecular formula is C22H29N3O4S. The largest absolute Gasteiger partial charge is 0.347 e. The summed E-state index contributed by atoms with van der Waals surface area (Å²) in [5.74, 6) is -0.772. The van der Waals surface area contributed by atoms with Crippen LogP contribution in [0.1, 0.15) is 42.6 Å². The number of nitrogens with one attached hydrogen (secondary N) is 2. The molecule has 7 nitrogen and oxygen atoms in total. The maximum Gasteiger partial charge on any atom is 0.261 e. The number of amides is 2. The summed E-state index contributed by atoms with van der Waals surface area (Å²) in [6.07, 6.45) is 3.13. The van der Waals surface area contributed by atoms with Gasteiger partial charge in [0.1, 0.15) is 6.04 Å². The molecule has 0 radical (unpaired) electrons. The van der Waals surface area contributed by atoms with E-state index in [2.05, 4.69) is 17.0 Å². The Bertz CT molecular complexity index is 986. The van der Waals surface area contributed by atoms with Crippen molar-refractivity contribution in [3.63, 3.8) is 0 Å². The van der Waals surface area contributed by atoms with E-state index in [1.807, 2.05) is 12.1 Å². The van der Waals surface area contributed by atoms with E-state index in [0.29, 0.717) is 5.69 Å². The van der Waals surface area contributed by atoms with Gasteiger partial charge in [-0.1, -0.05) is 31.5 Å². The van der Waals surface area contributed by atoms with E-state index in [1.54, 1.807) is 33.2 Å². The molecule has 30 heavy (non-hydrogen) atoms. The third-order valence-electron chi connectivity index (χ3n) is 4.59. The van der Waals surface area contributed by atoms with E-state index < -0.39 is 22.0 Å². The number of rotatable bonds is 9. The minimum Gasteiger partial charge on any atom is -0.347 e. The Morgan fingerprint density at radius 2 is 1.73 bits per heavy atom. The van der Waals surface area contributed by atoms with Gasteiger partial charge in [0.25, 0.3) is 15.9 Å². The molecule has 8 heteroatoms. The number of hydrogen-bond acceptors (Lipinski definition) is 4. The van der Waals surface area contributed by atoms with Crippen LogP contribution in [-0.4, -0.2) is 45.3 Å². The number of likely N-dealkylation sites (N-methyl/N-ethyl adjacent to an activating group) is 1. The first-order chi connectivity index (χ1) is 14.1. The highest BCUT2D eigenvalue weighted by Crippen LogP contribution is 2.18. The van der Waals surface area contributed by atoms with E-state index in [0.717, 1.165) is 24.8 Å². The summed E-state index contributed by atoms with van der Waals surface area (Å²) in [5, 5.41) is 2.58. The van der Waals surface area contributed by atoms with Crippen molar-refractivity contribution in [1.82, 2.24) is 10.2 Å². The second kappa shape index (κ2) is 10.2. The van der Waals surface area contributed by atoms with E-state index in [4.69, 9.17) is 0 Å². The van der Waals surface area contributed by atoms with Gasteiger partial charge >= 0.3 is 0 Å². The molecule has 0 saturated heterocycles. The fraction of sp³-hybridized carbons (Fsp3) is 0.364. The molecule has 1 unspecified atom stereocenters. The van der Waals surface area contributed by atoms with Crippen molar-refractivity contribution in [3.05, 3.63) is 59.7 Å². The monoisotopic (exact) mass is 431 g/mol. The first-order valence-electron chi connectivity index (χ1n) is 9.88. The Hall–Kier alpha value is -2.87. The summed E-state index contributed by atoms with van der Waals surface area (Å²) in [5.41, 5.74) is 1.77. The molecule has 2 N–H and O–H groups in total. The summed E-state index contributed by atoms with van der Waals surface area (Å²) in [6, 6.07) is 12.3. The highest BCUT2D eigenvalue weighted by atomic mass is 32.2. The van der Waals surface area contributed by atoms with E-state index >= 15 is 0 Å². The molecule has 0 aromatic heterocycles. The minimum atomic E-state index is -3.86. The van der Waals surface area contributed by atoms with Crippen molar-refractivity contribution < 1.29 is 18.0 Å². The number of hydrogen-bond donors (Lipinski definition) is 2. The van der Waals surface area contributed by atoms with Crippen LogP contribution < -0.4 is 10.0 Å². The number of unbranched alkanes of at least 4 members (excludes halogenated alkanes) is 1. The van der Waals surface area contributed by atoms with Gasteiger partial charge in [0.05, 0.1) is 4.90 Å². The predicted molar refractivity (Wildman–Crippen MR) is 118 cm³/mol. The lowest BCUT2D eigenvalue weighted by Gasteiger charge is -2.18. The van der Waals surface area contributed by atoms with Gasteiger partial charge in [-0.05, 0) is 55.7 Å². The fourth-order valence-electron chi connectivity index (χ4n) is 2.87. The predicted octanol–water partition coefficient (Wildman–Crippen LogP) is 3.04. The molecule has 0 spiro atoms. The van der Waals surface area contributed by atoms with E-state index in [1.165, 1.54) is 29.2 Å². The third-order valence-corrected chi connectivity index (χ3v) is 5.97. The van der Waals surface area contributed by atoms with E-state index in [-0.39, 0.29) is 16.4 Å². The number of nitrogens with zero attached hydrogens (tertiary/aromatic N) is 1. The quantitative estimate of drug-likeness (QED) is 0.638. The number of anilines is 1. The molecule has 2 amide bonds. The first-order valence-corrected chi connectivity index (χ1v) is 11.4. The fourth-order valence-corrected chi connectivity index (χ4v) is 3.97. The number of carbonyl (C=O) groups excluding carboxylic acids is 2. The lowest BCUT2D eigenvalue weighted by molar-refractivity contribution is -0.130. The highest BCUT2D eigenvalue weighted by molar-refractivity contribution is 7.92. The second-order valence-electron chi connectivity index (χ2n) is 7.36. The Balaban J connectivity index is 2.13. The zero-order valence-corrected chi connectivity index (χ0v) is 18.6. The molecule has 0 aliphatic carbocycles. The van der Waals surface area contributed by atoms with Crippen LogP contribution in [-0.2, 0) is 21.2 Å². The van der Waals surface area contributed by atoms with Crippen molar-refractivity contribution in [1.29, 1.82) is 0 Å². The lowest BCUT2D eigenvalue weighted by atomic mass is 10.1.